The molecule has 0 spiro atoms. The summed E-state index contributed by atoms with van der Waals surface area (Å²) in [7, 11) is 1.59. The molecule has 2 aliphatic rings. The Labute approximate surface area is 310 Å². The molecule has 0 radical (unpaired) electrons. The van der Waals surface area contributed by atoms with E-state index >= 15 is 4.39 Å². The molecule has 13 heteroatoms. The van der Waals surface area contributed by atoms with E-state index in [0.717, 1.165) is 11.3 Å². The maximum atomic E-state index is 15.0. The molecule has 2 aromatic carbocycles. The second kappa shape index (κ2) is 18.5. The average Bonchev–Trinajstić information content (AvgIpc) is 3.66. The fourth-order valence-corrected chi connectivity index (χ4v) is 6.59. The van der Waals surface area contributed by atoms with Gasteiger partial charge in [-0.2, -0.15) is 5.10 Å². The number of benzene rings is 2. The first kappa shape index (κ1) is 39.0. The van der Waals surface area contributed by atoms with Crippen LogP contribution in [0, 0.1) is 17.7 Å². The summed E-state index contributed by atoms with van der Waals surface area (Å²) < 4.78 is 33.6. The molecule has 1 aromatic heterocycles. The van der Waals surface area contributed by atoms with Crippen LogP contribution in [-0.4, -0.2) is 89.4 Å². The fraction of sp³-hybridized carbons (Fsp3) is 0.450. The van der Waals surface area contributed by atoms with E-state index in [2.05, 4.69) is 10.4 Å². The van der Waals surface area contributed by atoms with Gasteiger partial charge in [0.1, 0.15) is 30.3 Å². The van der Waals surface area contributed by atoms with E-state index < -0.39 is 36.2 Å². The highest BCUT2D eigenvalue weighted by Crippen LogP contribution is 2.27. The highest BCUT2D eigenvalue weighted by atomic mass is 19.1. The van der Waals surface area contributed by atoms with Crippen LogP contribution in [0.5, 0.6) is 5.75 Å². The number of aliphatic hydroxyl groups is 1. The Morgan fingerprint density at radius 3 is 2.53 bits per heavy atom. The maximum Gasteiger partial charge on any atom is 0.408 e. The SMILES string of the molecule is COc1ccc(CNC(=O)O[C@H]2/C=C\[C@H](C)[C@@H](/C(C)=C/c3cc(F)cc(N4CCN(C(=O)Cn5cccn5)CC4)c3)OC(=O)C[C@H](O)CC[C@@H]2C)cc1. The van der Waals surface area contributed by atoms with E-state index in [-0.39, 0.29) is 37.3 Å². The number of anilines is 1. The zero-order valence-electron chi connectivity index (χ0n) is 30.8. The van der Waals surface area contributed by atoms with Crippen molar-refractivity contribution in [3.63, 3.8) is 0 Å². The Morgan fingerprint density at radius 1 is 1.08 bits per heavy atom. The molecule has 1 fully saturated rings. The summed E-state index contributed by atoms with van der Waals surface area (Å²) in [5, 5.41) is 17.6. The van der Waals surface area contributed by atoms with E-state index in [1.807, 2.05) is 68.2 Å². The molecule has 0 aliphatic carbocycles. The summed E-state index contributed by atoms with van der Waals surface area (Å²) >= 11 is 0. The number of carbonyl (C=O) groups excluding carboxylic acids is 3. The monoisotopic (exact) mass is 731 g/mol. The van der Waals surface area contributed by atoms with Crippen LogP contribution in [0.1, 0.15) is 51.2 Å². The van der Waals surface area contributed by atoms with Gasteiger partial charge in [-0.05, 0) is 84.9 Å². The van der Waals surface area contributed by atoms with Gasteiger partial charge < -0.3 is 34.4 Å². The molecular formula is C40H50FN5O7. The summed E-state index contributed by atoms with van der Waals surface area (Å²) in [6, 6.07) is 13.9. The number of rotatable bonds is 9. The van der Waals surface area contributed by atoms with Gasteiger partial charge in [-0.1, -0.05) is 38.1 Å². The molecule has 12 nitrogen and oxygen atoms in total. The van der Waals surface area contributed by atoms with Gasteiger partial charge in [0.15, 0.2) is 0 Å². The smallest absolute Gasteiger partial charge is 0.408 e. The number of carbonyl (C=O) groups is 3. The lowest BCUT2D eigenvalue weighted by Crippen LogP contribution is -2.49. The number of hydrogen-bond donors (Lipinski definition) is 2. The normalized spacial score (nSPS) is 23.6. The third-order valence-corrected chi connectivity index (χ3v) is 9.70. The highest BCUT2D eigenvalue weighted by Gasteiger charge is 2.28. The van der Waals surface area contributed by atoms with Crippen LogP contribution in [0.3, 0.4) is 0 Å². The molecule has 2 amide bonds. The Morgan fingerprint density at radius 2 is 1.83 bits per heavy atom. The second-order valence-electron chi connectivity index (χ2n) is 13.8. The summed E-state index contributed by atoms with van der Waals surface area (Å²) in [6.45, 7) is 8.19. The number of piperazine rings is 1. The molecule has 2 aliphatic heterocycles. The quantitative estimate of drug-likeness (QED) is 0.220. The number of nitrogens with one attached hydrogen (secondary N) is 1. The van der Waals surface area contributed by atoms with Gasteiger partial charge in [0.2, 0.25) is 5.91 Å². The number of amides is 2. The average molecular weight is 732 g/mol. The van der Waals surface area contributed by atoms with Crippen LogP contribution in [0.2, 0.25) is 0 Å². The van der Waals surface area contributed by atoms with Crippen LogP contribution in [0.15, 0.2) is 78.6 Å². The van der Waals surface area contributed by atoms with Crippen molar-refractivity contribution in [2.24, 2.45) is 11.8 Å². The molecule has 0 unspecified atom stereocenters. The van der Waals surface area contributed by atoms with Crippen LogP contribution < -0.4 is 15.0 Å². The van der Waals surface area contributed by atoms with Crippen molar-refractivity contribution in [3.8, 4) is 5.75 Å². The van der Waals surface area contributed by atoms with E-state index in [1.165, 1.54) is 12.1 Å². The number of aliphatic hydroxyl groups excluding tert-OH is 1. The predicted molar refractivity (Wildman–Crippen MR) is 198 cm³/mol. The molecule has 53 heavy (non-hydrogen) atoms. The van der Waals surface area contributed by atoms with Crippen molar-refractivity contribution < 1.29 is 38.1 Å². The molecule has 1 saturated heterocycles. The van der Waals surface area contributed by atoms with Crippen molar-refractivity contribution in [3.05, 3.63) is 95.6 Å². The van der Waals surface area contributed by atoms with E-state index in [9.17, 15) is 19.5 Å². The van der Waals surface area contributed by atoms with Crippen molar-refractivity contribution in [1.29, 1.82) is 0 Å². The van der Waals surface area contributed by atoms with Gasteiger partial charge in [0.05, 0.1) is 19.6 Å². The molecule has 5 rings (SSSR count). The Kier molecular flexibility index (Phi) is 13.7. The van der Waals surface area contributed by atoms with Gasteiger partial charge in [0.25, 0.3) is 0 Å². The van der Waals surface area contributed by atoms with Crippen molar-refractivity contribution >= 4 is 29.7 Å². The molecule has 5 atom stereocenters. The Hall–Kier alpha value is -5.17. The van der Waals surface area contributed by atoms with Gasteiger partial charge in [-0.3, -0.25) is 14.3 Å². The summed E-state index contributed by atoms with van der Waals surface area (Å²) in [5.74, 6) is -0.745. The van der Waals surface area contributed by atoms with E-state index in [0.29, 0.717) is 55.8 Å². The van der Waals surface area contributed by atoms with E-state index in [4.69, 9.17) is 14.2 Å². The summed E-state index contributed by atoms with van der Waals surface area (Å²) in [4.78, 5) is 42.5. The Bertz CT molecular complexity index is 1740. The molecule has 284 valence electrons. The number of alkyl carbamates (subject to hydrolysis) is 1. The molecule has 0 saturated carbocycles. The Balaban J connectivity index is 1.27. The van der Waals surface area contributed by atoms with Crippen molar-refractivity contribution in [2.45, 2.75) is 71.4 Å². The lowest BCUT2D eigenvalue weighted by atomic mass is 9.91. The standard InChI is InChI=1S/C40H50FN5O7/c1-27-6-10-34(47)24-38(49)53-39(28(2)7-13-36(27)52-40(50)42-25-30-8-11-35(51-4)12-9-30)29(3)20-31-21-32(41)23-33(22-31)44-16-18-45(19-17-44)37(48)26-46-15-5-14-43-46/h5,7-9,11-15,20-23,27-28,34,36,39,47H,6,10,16-19,24-26H2,1-4H3,(H,42,50)/b13-7-,29-20+/t27-,28-,34+,36-,39-/m0/s1. The molecule has 3 heterocycles. The minimum atomic E-state index is -0.926. The number of methoxy groups -OCH3 is 1. The van der Waals surface area contributed by atoms with Crippen molar-refractivity contribution in [1.82, 2.24) is 20.0 Å². The molecule has 3 aromatic rings. The van der Waals surface area contributed by atoms with Crippen LogP contribution >= 0.6 is 0 Å². The number of nitrogens with zero attached hydrogens (tertiary/aromatic N) is 4. The number of aromatic nitrogens is 2. The minimum absolute atomic E-state index is 0.0190. The number of hydrogen-bond acceptors (Lipinski definition) is 9. The van der Waals surface area contributed by atoms with Gasteiger partial charge in [0, 0.05) is 56.7 Å². The van der Waals surface area contributed by atoms with Crippen LogP contribution in [0.25, 0.3) is 6.08 Å². The fourth-order valence-electron chi connectivity index (χ4n) is 6.59. The third-order valence-electron chi connectivity index (χ3n) is 9.70. The summed E-state index contributed by atoms with van der Waals surface area (Å²) in [5.41, 5.74) is 2.84. The lowest BCUT2D eigenvalue weighted by molar-refractivity contribution is -0.151. The van der Waals surface area contributed by atoms with Crippen molar-refractivity contribution in [2.75, 3.05) is 38.2 Å². The second-order valence-corrected chi connectivity index (χ2v) is 13.8. The number of cyclic esters (lactones) is 1. The number of halogens is 1. The molecular weight excluding hydrogens is 681 g/mol. The maximum absolute atomic E-state index is 15.0. The van der Waals surface area contributed by atoms with Crippen LogP contribution in [-0.2, 0) is 32.2 Å². The lowest BCUT2D eigenvalue weighted by Gasteiger charge is -2.36. The number of esters is 1. The number of ether oxygens (including phenoxy) is 3. The largest absolute Gasteiger partial charge is 0.497 e. The third kappa shape index (κ3) is 11.4. The summed E-state index contributed by atoms with van der Waals surface area (Å²) in [6.07, 6.45) is 6.68. The zero-order valence-corrected chi connectivity index (χ0v) is 30.8. The first-order valence-electron chi connectivity index (χ1n) is 18.1. The van der Waals surface area contributed by atoms with Gasteiger partial charge in [-0.25, -0.2) is 9.18 Å². The van der Waals surface area contributed by atoms with Crippen LogP contribution in [0.4, 0.5) is 14.9 Å². The van der Waals surface area contributed by atoms with Gasteiger partial charge in [-0.15, -0.1) is 0 Å². The predicted octanol–water partition coefficient (Wildman–Crippen LogP) is 5.36. The minimum Gasteiger partial charge on any atom is -0.497 e. The first-order valence-corrected chi connectivity index (χ1v) is 18.1. The first-order chi connectivity index (χ1) is 25.5. The molecule has 0 bridgehead atoms. The molecule has 2 N–H and O–H groups in total. The van der Waals surface area contributed by atoms with Gasteiger partial charge >= 0.3 is 12.1 Å². The zero-order chi connectivity index (χ0) is 37.9. The topological polar surface area (TPSA) is 135 Å². The van der Waals surface area contributed by atoms with E-state index in [1.54, 1.807) is 41.2 Å². The highest BCUT2D eigenvalue weighted by molar-refractivity contribution is 5.76.